The van der Waals surface area contributed by atoms with E-state index in [0.29, 0.717) is 6.42 Å². The number of aliphatic carboxylic acids is 1. The molecule has 4 heteroatoms. The molecule has 2 rings (SSSR count). The Morgan fingerprint density at radius 2 is 2.38 bits per heavy atom. The third kappa shape index (κ3) is 1.58. The van der Waals surface area contributed by atoms with Gasteiger partial charge in [0, 0.05) is 17.9 Å². The second-order valence-electron chi connectivity index (χ2n) is 3.31. The smallest absolute Gasteiger partial charge is 0.320 e. The Hall–Kier alpha value is -1.29. The van der Waals surface area contributed by atoms with E-state index >= 15 is 0 Å². The largest absolute Gasteiger partial charge is 0.480 e. The highest BCUT2D eigenvalue weighted by atomic mass is 16.4. The Labute approximate surface area is 76.0 Å². The van der Waals surface area contributed by atoms with E-state index in [1.165, 1.54) is 0 Å². The number of aromatic amines is 1. The molecule has 1 aromatic heterocycles. The lowest BCUT2D eigenvalue weighted by atomic mass is 10.1. The van der Waals surface area contributed by atoms with Crippen molar-refractivity contribution in [2.45, 2.75) is 24.9 Å². The number of carboxylic acid groups (broad SMARTS) is 1. The van der Waals surface area contributed by atoms with Gasteiger partial charge >= 0.3 is 5.97 Å². The first kappa shape index (κ1) is 8.31. The zero-order valence-electron chi connectivity index (χ0n) is 7.16. The summed E-state index contributed by atoms with van der Waals surface area (Å²) in [6.45, 7) is 0. The monoisotopic (exact) mass is 180 g/mol. The molecular formula is C9H12N2O2. The van der Waals surface area contributed by atoms with Crippen LogP contribution in [0.15, 0.2) is 18.3 Å². The van der Waals surface area contributed by atoms with E-state index < -0.39 is 5.97 Å². The van der Waals surface area contributed by atoms with Gasteiger partial charge in [-0.25, -0.2) is 0 Å². The van der Waals surface area contributed by atoms with Crippen molar-refractivity contribution in [3.8, 4) is 0 Å². The van der Waals surface area contributed by atoms with Crippen molar-refractivity contribution in [1.82, 2.24) is 10.3 Å². The second-order valence-corrected chi connectivity index (χ2v) is 3.31. The van der Waals surface area contributed by atoms with Gasteiger partial charge in [-0.15, -0.1) is 0 Å². The van der Waals surface area contributed by atoms with E-state index in [2.05, 4.69) is 10.3 Å². The normalized spacial score (nSPS) is 27.7. The summed E-state index contributed by atoms with van der Waals surface area (Å²) in [4.78, 5) is 13.7. The van der Waals surface area contributed by atoms with E-state index in [0.717, 1.165) is 12.1 Å². The molecule has 1 aliphatic heterocycles. The summed E-state index contributed by atoms with van der Waals surface area (Å²) < 4.78 is 0. The summed E-state index contributed by atoms with van der Waals surface area (Å²) in [7, 11) is 0. The predicted molar refractivity (Wildman–Crippen MR) is 47.3 cm³/mol. The van der Waals surface area contributed by atoms with Crippen LogP contribution in [-0.2, 0) is 4.79 Å². The van der Waals surface area contributed by atoms with E-state index in [1.54, 1.807) is 0 Å². The van der Waals surface area contributed by atoms with Crippen LogP contribution in [0.1, 0.15) is 24.6 Å². The Kier molecular flexibility index (Phi) is 2.06. The van der Waals surface area contributed by atoms with Crippen molar-refractivity contribution in [3.05, 3.63) is 24.0 Å². The molecule has 13 heavy (non-hydrogen) atoms. The average Bonchev–Trinajstić information content (AvgIpc) is 2.75. The van der Waals surface area contributed by atoms with Gasteiger partial charge in [0.15, 0.2) is 0 Å². The molecule has 0 unspecified atom stereocenters. The maximum Gasteiger partial charge on any atom is 0.320 e. The van der Waals surface area contributed by atoms with Gasteiger partial charge in [-0.1, -0.05) is 0 Å². The molecule has 0 amide bonds. The molecule has 2 atom stereocenters. The topological polar surface area (TPSA) is 65.1 Å². The molecule has 4 nitrogen and oxygen atoms in total. The standard InChI is InChI=1S/C9H12N2O2/c12-9(13)8-4-3-7(11-8)6-2-1-5-10-6/h1-2,5,7-8,10-11H,3-4H2,(H,12,13)/t7-,8-/m0/s1. The van der Waals surface area contributed by atoms with Crippen LogP contribution in [0.5, 0.6) is 0 Å². The lowest BCUT2D eigenvalue weighted by Crippen LogP contribution is -2.31. The third-order valence-electron chi connectivity index (χ3n) is 2.44. The van der Waals surface area contributed by atoms with Gasteiger partial charge in [0.1, 0.15) is 6.04 Å². The van der Waals surface area contributed by atoms with Gasteiger partial charge in [-0.3, -0.25) is 10.1 Å². The molecular weight excluding hydrogens is 168 g/mol. The van der Waals surface area contributed by atoms with E-state index in [-0.39, 0.29) is 12.1 Å². The Morgan fingerprint density at radius 1 is 1.54 bits per heavy atom. The zero-order valence-corrected chi connectivity index (χ0v) is 7.16. The lowest BCUT2D eigenvalue weighted by Gasteiger charge is -2.09. The van der Waals surface area contributed by atoms with Gasteiger partial charge in [-0.05, 0) is 25.0 Å². The van der Waals surface area contributed by atoms with Crippen LogP contribution in [0, 0.1) is 0 Å². The Morgan fingerprint density at radius 3 is 2.92 bits per heavy atom. The Balaban J connectivity index is 2.03. The number of H-pyrrole nitrogens is 1. The molecule has 1 fully saturated rings. The van der Waals surface area contributed by atoms with Crippen LogP contribution in [-0.4, -0.2) is 22.1 Å². The summed E-state index contributed by atoms with van der Waals surface area (Å²) in [5.74, 6) is -0.756. The number of nitrogens with one attached hydrogen (secondary N) is 2. The summed E-state index contributed by atoms with van der Waals surface area (Å²) in [6, 6.07) is 3.69. The predicted octanol–water partition coefficient (Wildman–Crippen LogP) is 0.892. The van der Waals surface area contributed by atoms with Crippen molar-refractivity contribution in [2.75, 3.05) is 0 Å². The second kappa shape index (κ2) is 3.22. The van der Waals surface area contributed by atoms with Crippen LogP contribution in [0.4, 0.5) is 0 Å². The minimum absolute atomic E-state index is 0.177. The van der Waals surface area contributed by atoms with Crippen molar-refractivity contribution >= 4 is 5.97 Å². The van der Waals surface area contributed by atoms with Crippen LogP contribution in [0.3, 0.4) is 0 Å². The molecule has 1 aromatic rings. The maximum atomic E-state index is 10.6. The zero-order chi connectivity index (χ0) is 9.26. The number of carbonyl (C=O) groups is 1. The summed E-state index contributed by atoms with van der Waals surface area (Å²) >= 11 is 0. The number of hydrogen-bond acceptors (Lipinski definition) is 2. The van der Waals surface area contributed by atoms with E-state index in [9.17, 15) is 4.79 Å². The highest BCUT2D eigenvalue weighted by molar-refractivity contribution is 5.73. The lowest BCUT2D eigenvalue weighted by molar-refractivity contribution is -0.139. The number of aromatic nitrogens is 1. The molecule has 0 saturated carbocycles. The first-order valence-corrected chi connectivity index (χ1v) is 4.39. The average molecular weight is 180 g/mol. The fourth-order valence-corrected chi connectivity index (χ4v) is 1.74. The SMILES string of the molecule is O=C(O)[C@@H]1CC[C@@H](c2ccc[nH]2)N1. The molecule has 0 aliphatic carbocycles. The van der Waals surface area contributed by atoms with Gasteiger partial charge in [-0.2, -0.15) is 0 Å². The first-order valence-electron chi connectivity index (χ1n) is 4.39. The molecule has 70 valence electrons. The number of hydrogen-bond donors (Lipinski definition) is 3. The fourth-order valence-electron chi connectivity index (χ4n) is 1.74. The Bertz CT molecular complexity index is 295. The first-order chi connectivity index (χ1) is 6.27. The highest BCUT2D eigenvalue weighted by Crippen LogP contribution is 2.24. The van der Waals surface area contributed by atoms with Crippen LogP contribution in [0.25, 0.3) is 0 Å². The molecule has 1 aliphatic rings. The fraction of sp³-hybridized carbons (Fsp3) is 0.444. The van der Waals surface area contributed by atoms with Crippen LogP contribution >= 0.6 is 0 Å². The minimum atomic E-state index is -0.756. The third-order valence-corrected chi connectivity index (χ3v) is 2.44. The van der Waals surface area contributed by atoms with Gasteiger partial charge < -0.3 is 10.1 Å². The van der Waals surface area contributed by atoms with Crippen LogP contribution in [0.2, 0.25) is 0 Å². The van der Waals surface area contributed by atoms with Crippen molar-refractivity contribution in [2.24, 2.45) is 0 Å². The molecule has 2 heterocycles. The van der Waals surface area contributed by atoms with Crippen molar-refractivity contribution in [3.63, 3.8) is 0 Å². The molecule has 0 bridgehead atoms. The number of rotatable bonds is 2. The van der Waals surface area contributed by atoms with Crippen molar-refractivity contribution < 1.29 is 9.90 Å². The van der Waals surface area contributed by atoms with Gasteiger partial charge in [0.25, 0.3) is 0 Å². The highest BCUT2D eigenvalue weighted by Gasteiger charge is 2.29. The van der Waals surface area contributed by atoms with E-state index in [1.807, 2.05) is 18.3 Å². The summed E-state index contributed by atoms with van der Waals surface area (Å²) in [5, 5.41) is 11.8. The number of carboxylic acids is 1. The molecule has 0 aromatic carbocycles. The van der Waals surface area contributed by atoms with Crippen LogP contribution < -0.4 is 5.32 Å². The molecule has 1 saturated heterocycles. The minimum Gasteiger partial charge on any atom is -0.480 e. The summed E-state index contributed by atoms with van der Waals surface area (Å²) in [6.07, 6.45) is 3.45. The molecule has 3 N–H and O–H groups in total. The quantitative estimate of drug-likeness (QED) is 0.633. The molecule has 0 spiro atoms. The summed E-state index contributed by atoms with van der Waals surface area (Å²) in [5.41, 5.74) is 1.07. The van der Waals surface area contributed by atoms with Gasteiger partial charge in [0.05, 0.1) is 0 Å². The van der Waals surface area contributed by atoms with Gasteiger partial charge in [0.2, 0.25) is 0 Å². The van der Waals surface area contributed by atoms with Crippen molar-refractivity contribution in [1.29, 1.82) is 0 Å². The maximum absolute atomic E-state index is 10.6. The van der Waals surface area contributed by atoms with E-state index in [4.69, 9.17) is 5.11 Å². The molecule has 0 radical (unpaired) electrons.